The van der Waals surface area contributed by atoms with E-state index in [9.17, 15) is 19.7 Å². The van der Waals surface area contributed by atoms with Crippen molar-refractivity contribution >= 4 is 34.0 Å². The van der Waals surface area contributed by atoms with E-state index in [0.717, 1.165) is 35.0 Å². The lowest BCUT2D eigenvalue weighted by Gasteiger charge is -2.22. The van der Waals surface area contributed by atoms with Gasteiger partial charge in [0.2, 0.25) is 0 Å². The van der Waals surface area contributed by atoms with Crippen molar-refractivity contribution in [3.8, 4) is 11.3 Å². The summed E-state index contributed by atoms with van der Waals surface area (Å²) in [6, 6.07) is 13.5. The topological polar surface area (TPSA) is 117 Å². The molecule has 0 atom stereocenters. The number of nitro benzene ring substituents is 1. The summed E-state index contributed by atoms with van der Waals surface area (Å²) < 4.78 is 0. The first kappa shape index (κ1) is 24.8. The molecule has 10 heteroatoms. The summed E-state index contributed by atoms with van der Waals surface area (Å²) in [7, 11) is 1.46. The number of likely N-dealkylation sites (N-methyl/N-ethyl adjacent to an activating group) is 1. The van der Waals surface area contributed by atoms with E-state index < -0.39 is 10.9 Å². The first-order valence-corrected chi connectivity index (χ1v) is 11.7. The van der Waals surface area contributed by atoms with E-state index in [4.69, 9.17) is 10.1 Å². The van der Waals surface area contributed by atoms with Crippen LogP contribution in [0, 0.1) is 10.1 Å². The van der Waals surface area contributed by atoms with E-state index >= 15 is 0 Å². The molecule has 0 aliphatic heterocycles. The molecule has 0 fully saturated rings. The monoisotopic (exact) mass is 482 g/mol. The number of carbonyl (C=O) groups excluding carboxylic acids is 1. The summed E-state index contributed by atoms with van der Waals surface area (Å²) in [6.07, 6.45) is 1.99. The zero-order valence-electron chi connectivity index (χ0n) is 19.0. The Bertz CT molecular complexity index is 1160. The highest BCUT2D eigenvalue weighted by molar-refractivity contribution is 7.14. The van der Waals surface area contributed by atoms with Crippen LogP contribution in [0.2, 0.25) is 0 Å². The Hall–Kier alpha value is -3.79. The number of carbonyl (C=O) groups is 2. The molecule has 1 aromatic heterocycles. The second kappa shape index (κ2) is 11.4. The van der Waals surface area contributed by atoms with E-state index in [2.05, 4.69) is 11.8 Å². The molecular formula is C24H26N4O5S. The largest absolute Gasteiger partial charge is 0.480 e. The third-order valence-corrected chi connectivity index (χ3v) is 6.09. The van der Waals surface area contributed by atoms with Gasteiger partial charge in [0, 0.05) is 48.8 Å². The number of thiazole rings is 1. The average Bonchev–Trinajstić information content (AvgIpc) is 3.31. The van der Waals surface area contributed by atoms with Gasteiger partial charge in [0.05, 0.1) is 10.6 Å². The first-order valence-electron chi connectivity index (χ1n) is 10.8. The summed E-state index contributed by atoms with van der Waals surface area (Å²) in [6.45, 7) is 3.13. The number of hydrogen-bond acceptors (Lipinski definition) is 7. The van der Waals surface area contributed by atoms with Gasteiger partial charge in [0.25, 0.3) is 11.6 Å². The second-order valence-corrected chi connectivity index (χ2v) is 8.69. The van der Waals surface area contributed by atoms with Gasteiger partial charge in [0.1, 0.15) is 6.54 Å². The fourth-order valence-corrected chi connectivity index (χ4v) is 4.24. The summed E-state index contributed by atoms with van der Waals surface area (Å²) in [5, 5.41) is 22.7. The number of nitrogens with zero attached hydrogens (tertiary/aromatic N) is 4. The molecule has 0 spiro atoms. The van der Waals surface area contributed by atoms with Crippen LogP contribution in [0.5, 0.6) is 0 Å². The van der Waals surface area contributed by atoms with Crippen LogP contribution < -0.4 is 4.90 Å². The molecule has 1 N–H and O–H groups in total. The van der Waals surface area contributed by atoms with Gasteiger partial charge in [0.15, 0.2) is 5.13 Å². The lowest BCUT2D eigenvalue weighted by atomic mass is 10.1. The summed E-state index contributed by atoms with van der Waals surface area (Å²) >= 11 is 1.48. The van der Waals surface area contributed by atoms with Gasteiger partial charge in [-0.15, -0.1) is 11.3 Å². The molecule has 1 heterocycles. The Morgan fingerprint density at radius 3 is 2.56 bits per heavy atom. The zero-order chi connectivity index (χ0) is 24.7. The molecule has 0 radical (unpaired) electrons. The minimum absolute atomic E-state index is 0.0264. The number of carboxylic acid groups (broad SMARTS) is 1. The van der Waals surface area contributed by atoms with Crippen molar-refractivity contribution in [3.63, 3.8) is 0 Å². The van der Waals surface area contributed by atoms with Crippen LogP contribution >= 0.6 is 11.3 Å². The predicted octanol–water partition coefficient (Wildman–Crippen LogP) is 4.68. The van der Waals surface area contributed by atoms with Crippen molar-refractivity contribution < 1.29 is 19.6 Å². The summed E-state index contributed by atoms with van der Waals surface area (Å²) in [5.74, 6) is -1.41. The molecule has 1 amide bonds. The highest BCUT2D eigenvalue weighted by atomic mass is 32.1. The van der Waals surface area contributed by atoms with Crippen molar-refractivity contribution in [2.24, 2.45) is 0 Å². The van der Waals surface area contributed by atoms with Gasteiger partial charge >= 0.3 is 5.97 Å². The molecule has 0 aliphatic carbocycles. The molecule has 178 valence electrons. The molecule has 34 heavy (non-hydrogen) atoms. The van der Waals surface area contributed by atoms with E-state index in [1.165, 1.54) is 30.5 Å². The highest BCUT2D eigenvalue weighted by Gasteiger charge is 2.17. The molecule has 0 saturated heterocycles. The van der Waals surface area contributed by atoms with Crippen LogP contribution in [0.25, 0.3) is 11.3 Å². The zero-order valence-corrected chi connectivity index (χ0v) is 19.8. The minimum Gasteiger partial charge on any atom is -0.480 e. The molecule has 0 bridgehead atoms. The molecule has 3 aromatic rings. The van der Waals surface area contributed by atoms with Crippen molar-refractivity contribution in [2.75, 3.05) is 25.0 Å². The van der Waals surface area contributed by atoms with Gasteiger partial charge in [-0.3, -0.25) is 19.7 Å². The molecule has 0 saturated carbocycles. The first-order chi connectivity index (χ1) is 16.3. The number of hydrogen-bond donors (Lipinski definition) is 1. The number of aliphatic carboxylic acids is 1. The van der Waals surface area contributed by atoms with E-state index in [1.807, 2.05) is 17.5 Å². The quantitative estimate of drug-likeness (QED) is 0.311. The lowest BCUT2D eigenvalue weighted by Crippen LogP contribution is -2.31. The fraction of sp³-hybridized carbons (Fsp3) is 0.292. The van der Waals surface area contributed by atoms with E-state index in [0.29, 0.717) is 23.4 Å². The minimum atomic E-state index is -1.06. The van der Waals surface area contributed by atoms with Crippen LogP contribution in [0.3, 0.4) is 0 Å². The number of amides is 1. The maximum absolute atomic E-state index is 12.4. The van der Waals surface area contributed by atoms with Gasteiger partial charge in [-0.25, -0.2) is 4.98 Å². The standard InChI is InChI=1S/C24H26N4O5S/c1-3-4-12-27(14-17-8-10-18(11-9-17)23(31)26(2)15-22(29)30)24-25-21(16-34-24)19-6-5-7-20(13-19)28(32)33/h5-11,13,16H,3-4,12,14-15H2,1-2H3,(H,29,30). The third kappa shape index (κ3) is 6.38. The number of unbranched alkanes of at least 4 members (excludes halogenated alkanes) is 1. The van der Waals surface area contributed by atoms with Crippen LogP contribution in [-0.2, 0) is 11.3 Å². The normalized spacial score (nSPS) is 10.6. The number of aromatic nitrogens is 1. The molecule has 3 rings (SSSR count). The van der Waals surface area contributed by atoms with Gasteiger partial charge in [-0.1, -0.05) is 37.6 Å². The van der Waals surface area contributed by atoms with Crippen LogP contribution in [0.4, 0.5) is 10.8 Å². The maximum Gasteiger partial charge on any atom is 0.323 e. The van der Waals surface area contributed by atoms with Crippen molar-refractivity contribution in [3.05, 3.63) is 75.2 Å². The van der Waals surface area contributed by atoms with Crippen LogP contribution in [-0.4, -0.2) is 51.9 Å². The van der Waals surface area contributed by atoms with Gasteiger partial charge in [-0.2, -0.15) is 0 Å². The molecule has 0 unspecified atom stereocenters. The van der Waals surface area contributed by atoms with Gasteiger partial charge in [-0.05, 0) is 24.1 Å². The van der Waals surface area contributed by atoms with Crippen LogP contribution in [0.1, 0.15) is 35.7 Å². The van der Waals surface area contributed by atoms with Gasteiger partial charge < -0.3 is 14.9 Å². The number of non-ortho nitro benzene ring substituents is 1. The summed E-state index contributed by atoms with van der Waals surface area (Å²) in [5.41, 5.74) is 2.82. The second-order valence-electron chi connectivity index (χ2n) is 7.85. The number of benzene rings is 2. The van der Waals surface area contributed by atoms with E-state index in [1.54, 1.807) is 24.3 Å². The van der Waals surface area contributed by atoms with Crippen molar-refractivity contribution in [1.82, 2.24) is 9.88 Å². The Balaban J connectivity index is 1.77. The number of nitro groups is 1. The van der Waals surface area contributed by atoms with E-state index in [-0.39, 0.29) is 18.1 Å². The smallest absolute Gasteiger partial charge is 0.323 e. The highest BCUT2D eigenvalue weighted by Crippen LogP contribution is 2.30. The lowest BCUT2D eigenvalue weighted by molar-refractivity contribution is -0.384. The Kier molecular flexibility index (Phi) is 8.31. The molecule has 0 aliphatic rings. The number of anilines is 1. The molecule has 2 aromatic carbocycles. The van der Waals surface area contributed by atoms with Crippen LogP contribution in [0.15, 0.2) is 53.9 Å². The number of rotatable bonds is 11. The summed E-state index contributed by atoms with van der Waals surface area (Å²) in [4.78, 5) is 42.0. The number of carboxylic acids is 1. The Labute approximate surface area is 201 Å². The van der Waals surface area contributed by atoms with Crippen molar-refractivity contribution in [1.29, 1.82) is 0 Å². The van der Waals surface area contributed by atoms with Crippen molar-refractivity contribution in [2.45, 2.75) is 26.3 Å². The SMILES string of the molecule is CCCCN(Cc1ccc(C(=O)N(C)CC(=O)O)cc1)c1nc(-c2cccc([N+](=O)[O-])c2)cs1. The molecule has 9 nitrogen and oxygen atoms in total. The fourth-order valence-electron chi connectivity index (χ4n) is 3.38. The third-order valence-electron chi connectivity index (χ3n) is 5.19. The predicted molar refractivity (Wildman–Crippen MR) is 131 cm³/mol. The average molecular weight is 483 g/mol. The molecular weight excluding hydrogens is 456 g/mol. The Morgan fingerprint density at radius 1 is 1.18 bits per heavy atom. The Morgan fingerprint density at radius 2 is 1.91 bits per heavy atom. The maximum atomic E-state index is 12.4.